The van der Waals surface area contributed by atoms with Crippen molar-refractivity contribution in [1.82, 2.24) is 0 Å². The van der Waals surface area contributed by atoms with Crippen LogP contribution in [0.1, 0.15) is 72.8 Å². The molecule has 4 fully saturated rings. The van der Waals surface area contributed by atoms with Gasteiger partial charge in [0, 0.05) is 17.8 Å². The molecule has 3 saturated carbocycles. The average Bonchev–Trinajstić information content (AvgIpc) is 3.42. The van der Waals surface area contributed by atoms with Crippen molar-refractivity contribution in [1.29, 1.82) is 0 Å². The summed E-state index contributed by atoms with van der Waals surface area (Å²) in [7, 11) is 0. The van der Waals surface area contributed by atoms with Gasteiger partial charge in [0.25, 0.3) is 0 Å². The summed E-state index contributed by atoms with van der Waals surface area (Å²) in [5, 5.41) is 0. The molecule has 4 aliphatic rings. The molecule has 186 valence electrons. The van der Waals surface area contributed by atoms with Crippen LogP contribution in [-0.2, 0) is 34.1 Å². The summed E-state index contributed by atoms with van der Waals surface area (Å²) in [5.41, 5.74) is -1.08. The number of carbonyl (C=O) groups is 2. The maximum atomic E-state index is 13.2. The summed E-state index contributed by atoms with van der Waals surface area (Å²) in [6, 6.07) is 10.4. The largest absolute Gasteiger partial charge is 0.465 e. The van der Waals surface area contributed by atoms with Crippen molar-refractivity contribution >= 4 is 11.9 Å². The lowest BCUT2D eigenvalue weighted by Crippen LogP contribution is -2.51. The van der Waals surface area contributed by atoms with E-state index < -0.39 is 28.7 Å². The van der Waals surface area contributed by atoms with Crippen molar-refractivity contribution in [3.8, 4) is 0 Å². The van der Waals surface area contributed by atoms with Gasteiger partial charge in [-0.05, 0) is 50.0 Å². The van der Waals surface area contributed by atoms with E-state index >= 15 is 0 Å². The molecule has 1 spiro atoms. The first-order valence-electron chi connectivity index (χ1n) is 12.8. The SMILES string of the molecule is CCOC(=O)C1(C(=O)OCC)CC(C)C2(C1)OC1[C@H]3CC[C@](C)(C3(C)C)[C@]1(c1ccccc1)O2. The number of fused-ring (bicyclic) bond motifs is 5. The van der Waals surface area contributed by atoms with Crippen LogP contribution in [0.5, 0.6) is 0 Å². The second-order valence-electron chi connectivity index (χ2n) is 11.6. The highest BCUT2D eigenvalue weighted by molar-refractivity contribution is 6.00. The van der Waals surface area contributed by atoms with Crippen molar-refractivity contribution in [3.63, 3.8) is 0 Å². The summed E-state index contributed by atoms with van der Waals surface area (Å²) in [6.45, 7) is 13.0. The molecule has 6 nitrogen and oxygen atoms in total. The van der Waals surface area contributed by atoms with Crippen molar-refractivity contribution in [2.75, 3.05) is 13.2 Å². The standard InChI is InChI=1S/C28H38O6/c1-7-31-22(29)26(23(30)32-8-2)16-18(3)27(17-26)33-21-20-14-15-25(6,24(20,4)5)28(21,34-27)19-12-10-9-11-13-19/h9-13,18,20-21H,7-8,14-17H2,1-6H3/t18?,20-,21?,25-,27?,28-/m1/s1. The number of rotatable bonds is 5. The molecule has 2 bridgehead atoms. The lowest BCUT2D eigenvalue weighted by atomic mass is 9.62. The normalized spacial score (nSPS) is 40.9. The van der Waals surface area contributed by atoms with E-state index in [1.54, 1.807) is 13.8 Å². The van der Waals surface area contributed by atoms with Gasteiger partial charge in [0.15, 0.2) is 11.2 Å². The van der Waals surface area contributed by atoms with Crippen molar-refractivity contribution in [3.05, 3.63) is 35.9 Å². The first kappa shape index (κ1) is 23.8. The van der Waals surface area contributed by atoms with E-state index in [0.717, 1.165) is 18.4 Å². The molecular weight excluding hydrogens is 432 g/mol. The zero-order valence-corrected chi connectivity index (χ0v) is 21.3. The molecule has 0 aromatic heterocycles. The molecule has 1 heterocycles. The molecule has 3 unspecified atom stereocenters. The van der Waals surface area contributed by atoms with Crippen LogP contribution in [-0.4, -0.2) is 37.0 Å². The number of esters is 2. The van der Waals surface area contributed by atoms with Gasteiger partial charge in [0.2, 0.25) is 0 Å². The van der Waals surface area contributed by atoms with Gasteiger partial charge in [-0.25, -0.2) is 0 Å². The molecule has 6 heteroatoms. The van der Waals surface area contributed by atoms with E-state index in [1.165, 1.54) is 0 Å². The van der Waals surface area contributed by atoms with Crippen LogP contribution in [0.15, 0.2) is 30.3 Å². The first-order valence-corrected chi connectivity index (χ1v) is 12.8. The third kappa shape index (κ3) is 2.64. The molecule has 1 saturated heterocycles. The molecule has 1 aromatic rings. The highest BCUT2D eigenvalue weighted by Gasteiger charge is 2.82. The van der Waals surface area contributed by atoms with Crippen molar-refractivity contribution < 1.29 is 28.5 Å². The minimum Gasteiger partial charge on any atom is -0.465 e. The van der Waals surface area contributed by atoms with Gasteiger partial charge < -0.3 is 18.9 Å². The number of carbonyl (C=O) groups excluding carboxylic acids is 2. The number of hydrogen-bond donors (Lipinski definition) is 0. The lowest BCUT2D eigenvalue weighted by Gasteiger charge is -2.48. The molecule has 0 amide bonds. The Labute approximate surface area is 202 Å². The fourth-order valence-corrected chi connectivity index (χ4v) is 7.98. The Morgan fingerprint density at radius 1 is 1.03 bits per heavy atom. The van der Waals surface area contributed by atoms with E-state index in [2.05, 4.69) is 45.0 Å². The second-order valence-corrected chi connectivity index (χ2v) is 11.6. The zero-order chi connectivity index (χ0) is 24.6. The Bertz CT molecular complexity index is 970. The topological polar surface area (TPSA) is 71.1 Å². The lowest BCUT2D eigenvalue weighted by molar-refractivity contribution is -0.247. The van der Waals surface area contributed by atoms with Crippen LogP contribution in [0, 0.1) is 28.1 Å². The van der Waals surface area contributed by atoms with Gasteiger partial charge in [-0.1, -0.05) is 58.0 Å². The summed E-state index contributed by atoms with van der Waals surface area (Å²) < 4.78 is 25.1. The minimum absolute atomic E-state index is 0.0241. The van der Waals surface area contributed by atoms with Crippen LogP contribution in [0.4, 0.5) is 0 Å². The third-order valence-electron chi connectivity index (χ3n) is 10.0. The summed E-state index contributed by atoms with van der Waals surface area (Å²) in [6.07, 6.45) is 2.38. The van der Waals surface area contributed by atoms with Gasteiger partial charge in [-0.15, -0.1) is 0 Å². The second kappa shape index (κ2) is 7.54. The molecule has 0 radical (unpaired) electrons. The highest BCUT2D eigenvalue weighted by Crippen LogP contribution is 2.78. The molecule has 1 aliphatic heterocycles. The Morgan fingerprint density at radius 3 is 2.24 bits per heavy atom. The number of hydrogen-bond acceptors (Lipinski definition) is 6. The van der Waals surface area contributed by atoms with E-state index in [4.69, 9.17) is 18.9 Å². The van der Waals surface area contributed by atoms with Crippen molar-refractivity contribution in [2.24, 2.45) is 28.1 Å². The molecule has 6 atom stereocenters. The monoisotopic (exact) mass is 470 g/mol. The summed E-state index contributed by atoms with van der Waals surface area (Å²) >= 11 is 0. The maximum absolute atomic E-state index is 13.2. The number of benzene rings is 1. The Balaban J connectivity index is 1.62. The van der Waals surface area contributed by atoms with Crippen LogP contribution < -0.4 is 0 Å². The Morgan fingerprint density at radius 2 is 1.65 bits per heavy atom. The highest BCUT2D eigenvalue weighted by atomic mass is 16.8. The molecule has 3 aliphatic carbocycles. The van der Waals surface area contributed by atoms with E-state index in [0.29, 0.717) is 5.92 Å². The van der Waals surface area contributed by atoms with Crippen LogP contribution in [0.2, 0.25) is 0 Å². The molecule has 0 N–H and O–H groups in total. The van der Waals surface area contributed by atoms with Gasteiger partial charge in [-0.3, -0.25) is 9.59 Å². The molecule has 5 rings (SSSR count). The minimum atomic E-state index is -1.42. The van der Waals surface area contributed by atoms with Crippen LogP contribution in [0.25, 0.3) is 0 Å². The van der Waals surface area contributed by atoms with E-state index in [9.17, 15) is 9.59 Å². The third-order valence-corrected chi connectivity index (χ3v) is 10.0. The fraction of sp³-hybridized carbons (Fsp3) is 0.714. The first-order chi connectivity index (χ1) is 16.0. The number of ether oxygens (including phenoxy) is 4. The van der Waals surface area contributed by atoms with Gasteiger partial charge in [0.05, 0.1) is 19.3 Å². The van der Waals surface area contributed by atoms with E-state index in [1.807, 2.05) is 13.0 Å². The molecule has 1 aromatic carbocycles. The van der Waals surface area contributed by atoms with Gasteiger partial charge in [0.1, 0.15) is 5.60 Å². The summed E-state index contributed by atoms with van der Waals surface area (Å²) in [5.74, 6) is -1.99. The van der Waals surface area contributed by atoms with Crippen molar-refractivity contribution in [2.45, 2.75) is 84.7 Å². The predicted octanol–water partition coefficient (Wildman–Crippen LogP) is 4.99. The smallest absolute Gasteiger partial charge is 0.323 e. The Hall–Kier alpha value is -1.92. The molecule has 34 heavy (non-hydrogen) atoms. The van der Waals surface area contributed by atoms with Gasteiger partial charge in [-0.2, -0.15) is 0 Å². The van der Waals surface area contributed by atoms with Crippen LogP contribution >= 0.6 is 0 Å². The summed E-state index contributed by atoms with van der Waals surface area (Å²) in [4.78, 5) is 26.5. The van der Waals surface area contributed by atoms with Gasteiger partial charge >= 0.3 is 11.9 Å². The fourth-order valence-electron chi connectivity index (χ4n) is 7.98. The zero-order valence-electron chi connectivity index (χ0n) is 21.3. The maximum Gasteiger partial charge on any atom is 0.323 e. The predicted molar refractivity (Wildman–Crippen MR) is 126 cm³/mol. The average molecular weight is 471 g/mol. The van der Waals surface area contributed by atoms with E-state index in [-0.39, 0.29) is 48.9 Å². The molecular formula is C28H38O6. The Kier molecular flexibility index (Phi) is 5.28. The van der Waals surface area contributed by atoms with Crippen LogP contribution in [0.3, 0.4) is 0 Å². The quantitative estimate of drug-likeness (QED) is 0.446.